The van der Waals surface area contributed by atoms with E-state index in [1.54, 1.807) is 24.8 Å². The van der Waals surface area contributed by atoms with Crippen molar-refractivity contribution < 1.29 is 4.79 Å². The predicted octanol–water partition coefficient (Wildman–Crippen LogP) is 1.58. The molecule has 6 heteroatoms. The highest BCUT2D eigenvalue weighted by molar-refractivity contribution is 5.77. The van der Waals surface area contributed by atoms with Gasteiger partial charge in [-0.05, 0) is 5.56 Å². The highest BCUT2D eigenvalue weighted by Crippen LogP contribution is 2.04. The van der Waals surface area contributed by atoms with Gasteiger partial charge < -0.3 is 5.32 Å². The molecule has 3 aromatic rings. The van der Waals surface area contributed by atoms with E-state index in [1.807, 2.05) is 29.1 Å². The normalized spacial score (nSPS) is 10.4. The number of hydrogen-bond donors (Lipinski definition) is 1. The van der Waals surface area contributed by atoms with Gasteiger partial charge in [0, 0.05) is 36.9 Å². The fraction of sp³-hybridized carbons (Fsp3) is 0.176. The lowest BCUT2D eigenvalue weighted by Gasteiger charge is -2.03. The summed E-state index contributed by atoms with van der Waals surface area (Å²) in [6, 6.07) is 10.1. The van der Waals surface area contributed by atoms with Gasteiger partial charge in [0.15, 0.2) is 0 Å². The average molecular weight is 307 g/mol. The Hall–Kier alpha value is -3.02. The number of carbonyl (C=O) groups excluding carboxylic acids is 1. The standard InChI is InChI=1S/C17H17N5O/c23-17(8-16-11-18-6-7-19-16)20-9-15-10-21-22(13-15)12-14-4-2-1-3-5-14/h1-7,10-11,13H,8-9,12H2,(H,20,23). The number of carbonyl (C=O) groups is 1. The number of rotatable bonds is 6. The van der Waals surface area contributed by atoms with E-state index in [1.165, 1.54) is 5.56 Å². The number of hydrogen-bond acceptors (Lipinski definition) is 4. The Morgan fingerprint density at radius 3 is 2.74 bits per heavy atom. The van der Waals surface area contributed by atoms with Crippen LogP contribution >= 0.6 is 0 Å². The smallest absolute Gasteiger partial charge is 0.226 e. The third-order valence-corrected chi connectivity index (χ3v) is 3.32. The maximum Gasteiger partial charge on any atom is 0.226 e. The maximum absolute atomic E-state index is 11.9. The molecule has 0 fully saturated rings. The molecule has 1 N–H and O–H groups in total. The zero-order chi connectivity index (χ0) is 15.9. The van der Waals surface area contributed by atoms with Gasteiger partial charge in [0.1, 0.15) is 0 Å². The average Bonchev–Trinajstić information content (AvgIpc) is 3.02. The van der Waals surface area contributed by atoms with Crippen molar-refractivity contribution in [3.63, 3.8) is 0 Å². The van der Waals surface area contributed by atoms with Gasteiger partial charge in [-0.3, -0.25) is 19.4 Å². The van der Waals surface area contributed by atoms with Crippen LogP contribution in [-0.2, 0) is 24.3 Å². The lowest BCUT2D eigenvalue weighted by Crippen LogP contribution is -2.24. The summed E-state index contributed by atoms with van der Waals surface area (Å²) in [4.78, 5) is 19.9. The molecule has 0 saturated heterocycles. The summed E-state index contributed by atoms with van der Waals surface area (Å²) in [6.07, 6.45) is 8.70. The summed E-state index contributed by atoms with van der Waals surface area (Å²) in [7, 11) is 0. The molecular formula is C17H17N5O. The first kappa shape index (κ1) is 14.9. The van der Waals surface area contributed by atoms with Crippen LogP contribution in [0.2, 0.25) is 0 Å². The Morgan fingerprint density at radius 2 is 1.96 bits per heavy atom. The van der Waals surface area contributed by atoms with Crippen molar-refractivity contribution in [1.82, 2.24) is 25.1 Å². The second-order valence-electron chi connectivity index (χ2n) is 5.18. The molecular weight excluding hydrogens is 290 g/mol. The van der Waals surface area contributed by atoms with Crippen LogP contribution < -0.4 is 5.32 Å². The van der Waals surface area contributed by atoms with E-state index in [0.29, 0.717) is 18.8 Å². The van der Waals surface area contributed by atoms with Crippen LogP contribution in [0.15, 0.2) is 61.3 Å². The summed E-state index contributed by atoms with van der Waals surface area (Å²) in [5.74, 6) is -0.0821. The van der Waals surface area contributed by atoms with Crippen LogP contribution in [0.3, 0.4) is 0 Å². The summed E-state index contributed by atoms with van der Waals surface area (Å²) >= 11 is 0. The van der Waals surface area contributed by atoms with E-state index in [2.05, 4.69) is 32.5 Å². The summed E-state index contributed by atoms with van der Waals surface area (Å²) in [5, 5.41) is 7.18. The van der Waals surface area contributed by atoms with Gasteiger partial charge in [0.05, 0.1) is 24.9 Å². The zero-order valence-corrected chi connectivity index (χ0v) is 12.6. The Labute approximate surface area is 134 Å². The van der Waals surface area contributed by atoms with Crippen molar-refractivity contribution in [3.05, 3.63) is 78.1 Å². The SMILES string of the molecule is O=C(Cc1cnccn1)NCc1cnn(Cc2ccccc2)c1. The lowest BCUT2D eigenvalue weighted by atomic mass is 10.2. The van der Waals surface area contributed by atoms with E-state index in [9.17, 15) is 4.79 Å². The van der Waals surface area contributed by atoms with Crippen molar-refractivity contribution in [2.75, 3.05) is 0 Å². The molecule has 0 spiro atoms. The fourth-order valence-electron chi connectivity index (χ4n) is 2.20. The molecule has 1 amide bonds. The van der Waals surface area contributed by atoms with E-state index in [-0.39, 0.29) is 12.3 Å². The number of nitrogens with zero attached hydrogens (tertiary/aromatic N) is 4. The second-order valence-corrected chi connectivity index (χ2v) is 5.18. The van der Waals surface area contributed by atoms with Gasteiger partial charge in [-0.2, -0.15) is 5.10 Å². The van der Waals surface area contributed by atoms with Gasteiger partial charge >= 0.3 is 0 Å². The molecule has 116 valence electrons. The third-order valence-electron chi connectivity index (χ3n) is 3.32. The van der Waals surface area contributed by atoms with Crippen LogP contribution in [0, 0.1) is 0 Å². The molecule has 2 heterocycles. The first-order valence-electron chi connectivity index (χ1n) is 7.36. The minimum atomic E-state index is -0.0821. The van der Waals surface area contributed by atoms with Crippen LogP contribution in [0.4, 0.5) is 0 Å². The van der Waals surface area contributed by atoms with E-state index in [0.717, 1.165) is 5.56 Å². The quantitative estimate of drug-likeness (QED) is 0.750. The minimum Gasteiger partial charge on any atom is -0.352 e. The molecule has 3 rings (SSSR count). The van der Waals surface area contributed by atoms with Gasteiger partial charge in [-0.25, -0.2) is 0 Å². The van der Waals surface area contributed by atoms with E-state index in [4.69, 9.17) is 0 Å². The number of nitrogens with one attached hydrogen (secondary N) is 1. The van der Waals surface area contributed by atoms with Crippen molar-refractivity contribution in [3.8, 4) is 0 Å². The highest BCUT2D eigenvalue weighted by Gasteiger charge is 2.05. The number of amides is 1. The van der Waals surface area contributed by atoms with E-state index < -0.39 is 0 Å². The molecule has 0 unspecified atom stereocenters. The maximum atomic E-state index is 11.9. The van der Waals surface area contributed by atoms with Crippen molar-refractivity contribution in [2.45, 2.75) is 19.5 Å². The predicted molar refractivity (Wildman–Crippen MR) is 85.4 cm³/mol. The Bertz CT molecular complexity index is 755. The Morgan fingerprint density at radius 1 is 1.09 bits per heavy atom. The van der Waals surface area contributed by atoms with E-state index >= 15 is 0 Å². The van der Waals surface area contributed by atoms with Gasteiger partial charge in [-0.1, -0.05) is 30.3 Å². The largest absolute Gasteiger partial charge is 0.352 e. The first-order chi connectivity index (χ1) is 11.3. The van der Waals surface area contributed by atoms with Gasteiger partial charge in [-0.15, -0.1) is 0 Å². The zero-order valence-electron chi connectivity index (χ0n) is 12.6. The van der Waals surface area contributed by atoms with Crippen LogP contribution in [0.25, 0.3) is 0 Å². The molecule has 0 aliphatic rings. The summed E-state index contributed by atoms with van der Waals surface area (Å²) in [6.45, 7) is 1.17. The second kappa shape index (κ2) is 7.31. The summed E-state index contributed by atoms with van der Waals surface area (Å²) < 4.78 is 1.86. The van der Waals surface area contributed by atoms with Crippen molar-refractivity contribution in [2.24, 2.45) is 0 Å². The molecule has 6 nitrogen and oxygen atoms in total. The Balaban J connectivity index is 1.50. The molecule has 0 atom stereocenters. The van der Waals surface area contributed by atoms with Gasteiger partial charge in [0.2, 0.25) is 5.91 Å². The third kappa shape index (κ3) is 4.47. The summed E-state index contributed by atoms with van der Waals surface area (Å²) in [5.41, 5.74) is 2.81. The molecule has 23 heavy (non-hydrogen) atoms. The topological polar surface area (TPSA) is 72.7 Å². The molecule has 0 radical (unpaired) electrons. The minimum absolute atomic E-state index is 0.0821. The number of aromatic nitrogens is 4. The highest BCUT2D eigenvalue weighted by atomic mass is 16.1. The molecule has 0 saturated carbocycles. The van der Waals surface area contributed by atoms with Crippen LogP contribution in [0.5, 0.6) is 0 Å². The lowest BCUT2D eigenvalue weighted by molar-refractivity contribution is -0.120. The van der Waals surface area contributed by atoms with Crippen LogP contribution in [-0.4, -0.2) is 25.7 Å². The molecule has 1 aromatic carbocycles. The van der Waals surface area contributed by atoms with Gasteiger partial charge in [0.25, 0.3) is 0 Å². The van der Waals surface area contributed by atoms with Crippen molar-refractivity contribution >= 4 is 5.91 Å². The fourth-order valence-corrected chi connectivity index (χ4v) is 2.20. The number of benzene rings is 1. The Kier molecular flexibility index (Phi) is 4.73. The molecule has 0 aliphatic carbocycles. The van der Waals surface area contributed by atoms with Crippen LogP contribution in [0.1, 0.15) is 16.8 Å². The molecule has 2 aromatic heterocycles. The molecule has 0 bridgehead atoms. The first-order valence-corrected chi connectivity index (χ1v) is 7.36. The monoisotopic (exact) mass is 307 g/mol. The molecule has 0 aliphatic heterocycles. The van der Waals surface area contributed by atoms with Crippen molar-refractivity contribution in [1.29, 1.82) is 0 Å².